The van der Waals surface area contributed by atoms with Crippen LogP contribution in [0.15, 0.2) is 85.2 Å². The van der Waals surface area contributed by atoms with Gasteiger partial charge >= 0.3 is 6.03 Å². The summed E-state index contributed by atoms with van der Waals surface area (Å²) in [6, 6.07) is 22.8. The Balaban J connectivity index is 0.000000894. The van der Waals surface area contributed by atoms with E-state index in [0.29, 0.717) is 36.0 Å². The molecule has 2 aromatic heterocycles. The van der Waals surface area contributed by atoms with E-state index in [1.807, 2.05) is 79.7 Å². The Labute approximate surface area is 302 Å². The number of halogens is 1. The first-order valence-corrected chi connectivity index (χ1v) is 16.6. The Morgan fingerprint density at radius 1 is 0.843 bits per heavy atom. The average molecular weight is 715 g/mol. The molecule has 2 heterocycles. The zero-order chi connectivity index (χ0) is 37.0. The molecule has 0 saturated carbocycles. The monoisotopic (exact) mass is 714 g/mol. The number of ether oxygens (including phenoxy) is 3. The van der Waals surface area contributed by atoms with Crippen LogP contribution in [-0.4, -0.2) is 66.0 Å². The smallest absolute Gasteiger partial charge is 0.324 e. The third-order valence-electron chi connectivity index (χ3n) is 7.48. The van der Waals surface area contributed by atoms with Crippen molar-refractivity contribution in [1.82, 2.24) is 14.8 Å². The van der Waals surface area contributed by atoms with Crippen molar-refractivity contribution in [3.05, 3.63) is 102 Å². The number of pyridine rings is 1. The fourth-order valence-electron chi connectivity index (χ4n) is 4.95. The molecule has 3 N–H and O–H groups in total. The summed E-state index contributed by atoms with van der Waals surface area (Å²) in [5.74, 6) is 1.00. The first-order chi connectivity index (χ1) is 24.4. The van der Waals surface area contributed by atoms with Crippen LogP contribution in [0.25, 0.3) is 16.5 Å². The number of aryl methyl sites for hydroxylation is 1. The van der Waals surface area contributed by atoms with Gasteiger partial charge in [-0.05, 0) is 54.4 Å². The lowest BCUT2D eigenvalue weighted by molar-refractivity contribution is -0.119. The van der Waals surface area contributed by atoms with Gasteiger partial charge in [0, 0.05) is 49.1 Å². The van der Waals surface area contributed by atoms with E-state index in [9.17, 15) is 14.4 Å². The lowest BCUT2D eigenvalue weighted by Gasteiger charge is -2.15. The van der Waals surface area contributed by atoms with Gasteiger partial charge in [-0.15, -0.1) is 0 Å². The molecule has 0 aliphatic carbocycles. The Morgan fingerprint density at radius 2 is 1.55 bits per heavy atom. The maximum absolute atomic E-state index is 13.3. The summed E-state index contributed by atoms with van der Waals surface area (Å²) >= 11 is 4.81. The number of urea groups is 1. The van der Waals surface area contributed by atoms with Gasteiger partial charge in [0.1, 0.15) is 24.8 Å². The van der Waals surface area contributed by atoms with Crippen molar-refractivity contribution in [2.45, 2.75) is 39.5 Å². The number of fused-ring (bicyclic) bond motifs is 1. The van der Waals surface area contributed by atoms with E-state index < -0.39 is 5.24 Å². The molecule has 0 radical (unpaired) electrons. The predicted molar refractivity (Wildman–Crippen MR) is 200 cm³/mol. The number of anilines is 3. The van der Waals surface area contributed by atoms with Gasteiger partial charge in [0.05, 0.1) is 35.6 Å². The van der Waals surface area contributed by atoms with Crippen LogP contribution in [-0.2, 0) is 30.9 Å². The minimum Gasteiger partial charge on any atom is -0.493 e. The van der Waals surface area contributed by atoms with Gasteiger partial charge in [-0.2, -0.15) is 5.10 Å². The number of nitrogens with one attached hydrogen (secondary N) is 3. The van der Waals surface area contributed by atoms with Crippen LogP contribution in [0.3, 0.4) is 0 Å². The highest BCUT2D eigenvalue weighted by atomic mass is 35.5. The maximum Gasteiger partial charge on any atom is 0.324 e. The van der Waals surface area contributed by atoms with Crippen LogP contribution in [0, 0.1) is 6.92 Å². The van der Waals surface area contributed by atoms with E-state index in [1.165, 1.54) is 14.2 Å². The molecule has 13 heteroatoms. The van der Waals surface area contributed by atoms with Crippen molar-refractivity contribution in [2.75, 3.05) is 50.0 Å². The second-order valence-corrected chi connectivity index (χ2v) is 13.0. The molecule has 0 aliphatic rings. The number of nitrogens with zero attached hydrogens (tertiary/aromatic N) is 3. The topological polar surface area (TPSA) is 146 Å². The number of carbonyl (C=O) groups excluding carboxylic acids is 3. The van der Waals surface area contributed by atoms with E-state index in [4.69, 9.17) is 26.2 Å². The lowest BCUT2D eigenvalue weighted by atomic mass is 9.92. The molecule has 0 bridgehead atoms. The van der Waals surface area contributed by atoms with Gasteiger partial charge in [0.2, 0.25) is 11.1 Å². The van der Waals surface area contributed by atoms with Crippen LogP contribution in [0.4, 0.5) is 22.0 Å². The summed E-state index contributed by atoms with van der Waals surface area (Å²) in [5, 5.41) is 14.9. The van der Waals surface area contributed by atoms with Gasteiger partial charge in [-0.25, -0.2) is 9.48 Å². The van der Waals surface area contributed by atoms with Crippen molar-refractivity contribution in [3.8, 4) is 11.4 Å². The number of rotatable bonds is 12. The number of hydrogen-bond acceptors (Lipinski definition) is 8. The highest BCUT2D eigenvalue weighted by Crippen LogP contribution is 2.32. The number of benzene rings is 3. The molecule has 0 spiro atoms. The molecule has 0 saturated heterocycles. The average Bonchev–Trinajstić information content (AvgIpc) is 3.51. The number of amides is 3. The minimum absolute atomic E-state index is 0.00154. The van der Waals surface area contributed by atoms with Crippen LogP contribution in [0.2, 0.25) is 0 Å². The molecule has 0 fully saturated rings. The molecule has 5 rings (SSSR count). The van der Waals surface area contributed by atoms with E-state index in [0.717, 1.165) is 33.3 Å². The number of methoxy groups -OCH3 is 2. The second-order valence-electron chi connectivity index (χ2n) is 12.5. The highest BCUT2D eigenvalue weighted by molar-refractivity contribution is 6.63. The first-order valence-electron chi connectivity index (χ1n) is 16.2. The van der Waals surface area contributed by atoms with Gasteiger partial charge in [-0.1, -0.05) is 62.7 Å². The molecule has 268 valence electrons. The fourth-order valence-corrected chi connectivity index (χ4v) is 5.06. The largest absolute Gasteiger partial charge is 0.493 e. The van der Waals surface area contributed by atoms with Gasteiger partial charge in [-0.3, -0.25) is 19.9 Å². The summed E-state index contributed by atoms with van der Waals surface area (Å²) in [6.45, 7) is 8.63. The quantitative estimate of drug-likeness (QED) is 0.114. The molecule has 0 aliphatic heterocycles. The highest BCUT2D eigenvalue weighted by Gasteiger charge is 2.22. The molecular weight excluding hydrogens is 672 g/mol. The third-order valence-corrected chi connectivity index (χ3v) is 7.59. The number of carbonyl (C=O) groups is 3. The molecule has 5 aromatic rings. The van der Waals surface area contributed by atoms with Gasteiger partial charge in [0.25, 0.3) is 0 Å². The fraction of sp³-hybridized carbons (Fsp3) is 0.289. The lowest BCUT2D eigenvalue weighted by Crippen LogP contribution is -2.21. The number of aromatic nitrogens is 3. The van der Waals surface area contributed by atoms with Crippen molar-refractivity contribution in [2.24, 2.45) is 0 Å². The normalized spacial score (nSPS) is 11.0. The van der Waals surface area contributed by atoms with Crippen molar-refractivity contribution in [3.63, 3.8) is 0 Å². The Bertz CT molecular complexity index is 1960. The van der Waals surface area contributed by atoms with Crippen LogP contribution in [0.1, 0.15) is 37.6 Å². The first kappa shape index (κ1) is 38.5. The van der Waals surface area contributed by atoms with Crippen molar-refractivity contribution in [1.29, 1.82) is 0 Å². The summed E-state index contributed by atoms with van der Waals surface area (Å²) in [4.78, 5) is 39.2. The summed E-state index contributed by atoms with van der Waals surface area (Å²) in [7, 11) is 2.89. The molecule has 0 atom stereocenters. The zero-order valence-corrected chi connectivity index (χ0v) is 30.3. The van der Waals surface area contributed by atoms with Crippen LogP contribution in [0.5, 0.6) is 5.75 Å². The standard InChI is InChI=1S/C35H38N6O4.C3H5ClO2/c1-23-10-12-25(13-11-23)41-32(20-31(40-41)35(2,3)4)39-34(43)38-28-14-15-30(27-9-7-6-8-26(27)28)45-19-17-24-16-18-36-21-29(24)37-33(42)22-44-5;1-6-2-3(4)5/h6-16,18,20-21H,17,19,22H2,1-5H3,(H,37,42)(H2,38,39,43);2H2,1H3. The zero-order valence-electron chi connectivity index (χ0n) is 29.6. The summed E-state index contributed by atoms with van der Waals surface area (Å²) < 4.78 is 17.2. The molecular formula is C38H43ClN6O6. The van der Waals surface area contributed by atoms with Crippen molar-refractivity contribution >= 4 is 56.7 Å². The minimum atomic E-state index is -0.461. The predicted octanol–water partition coefficient (Wildman–Crippen LogP) is 7.28. The van der Waals surface area contributed by atoms with E-state index in [-0.39, 0.29) is 30.6 Å². The molecule has 3 amide bonds. The summed E-state index contributed by atoms with van der Waals surface area (Å²) in [5.41, 5.74) is 4.82. The Kier molecular flexibility index (Phi) is 13.7. The molecule has 0 unspecified atom stereocenters. The molecule has 3 aromatic carbocycles. The SMILES string of the molecule is COCC(=O)Cl.COCC(=O)Nc1cnccc1CCOc1ccc(NC(=O)Nc2cc(C(C)(C)C)nn2-c2ccc(C)cc2)c2ccccc12. The van der Waals surface area contributed by atoms with Gasteiger partial charge < -0.3 is 24.8 Å². The van der Waals surface area contributed by atoms with Crippen LogP contribution < -0.4 is 20.7 Å². The molecule has 51 heavy (non-hydrogen) atoms. The Morgan fingerprint density at radius 3 is 2.20 bits per heavy atom. The molecule has 12 nitrogen and oxygen atoms in total. The van der Waals surface area contributed by atoms with Gasteiger partial charge in [0.15, 0.2) is 0 Å². The second kappa shape index (κ2) is 18.1. The third kappa shape index (κ3) is 11.1. The van der Waals surface area contributed by atoms with Crippen molar-refractivity contribution < 1.29 is 28.6 Å². The van der Waals surface area contributed by atoms with Crippen LogP contribution >= 0.6 is 11.6 Å². The summed E-state index contributed by atoms with van der Waals surface area (Å²) in [6.07, 6.45) is 3.84. The van der Waals surface area contributed by atoms with E-state index in [2.05, 4.69) is 46.4 Å². The maximum atomic E-state index is 13.3. The van der Waals surface area contributed by atoms with E-state index >= 15 is 0 Å². The van der Waals surface area contributed by atoms with E-state index in [1.54, 1.807) is 17.1 Å². The number of hydrogen-bond donors (Lipinski definition) is 3. The Hall–Kier alpha value is -5.30.